The highest BCUT2D eigenvalue weighted by Crippen LogP contribution is 2.31. The Morgan fingerprint density at radius 3 is 2.21 bits per heavy atom. The topological polar surface area (TPSA) is 12.4 Å². The maximum atomic E-state index is 12.9. The molecule has 0 aliphatic rings. The second kappa shape index (κ2) is 9.53. The Bertz CT molecular complexity index is 1030. The van der Waals surface area contributed by atoms with Gasteiger partial charge in [0.25, 0.3) is 0 Å². The summed E-state index contributed by atoms with van der Waals surface area (Å²) in [5.74, 6) is 0. The molecule has 0 fully saturated rings. The summed E-state index contributed by atoms with van der Waals surface area (Å²) in [5.41, 5.74) is 1.09. The summed E-state index contributed by atoms with van der Waals surface area (Å²) in [6.07, 6.45) is -2.64. The van der Waals surface area contributed by atoms with Gasteiger partial charge in [0.05, 0.1) is 22.0 Å². The molecule has 0 heterocycles. The third kappa shape index (κ3) is 6.13. The van der Waals surface area contributed by atoms with E-state index in [1.807, 2.05) is 30.3 Å². The summed E-state index contributed by atoms with van der Waals surface area (Å²) in [6, 6.07) is 19.3. The molecule has 0 bridgehead atoms. The smallest absolute Gasteiger partial charge is 0.248 e. The molecule has 29 heavy (non-hydrogen) atoms. The van der Waals surface area contributed by atoms with Gasteiger partial charge < -0.3 is 0 Å². The lowest BCUT2D eigenvalue weighted by atomic mass is 10.1. The zero-order valence-corrected chi connectivity index (χ0v) is 17.2. The lowest BCUT2D eigenvalue weighted by molar-refractivity contribution is -0.137. The standard InChI is InChI=1S/C22H14Cl2F3NS/c23-17-10-11-21(19(24)14-17)29-13-12-20(28-18-4-2-1-3-5-18)15-6-8-16(9-7-15)22(25,26)27/h1-14H. The third-order valence-electron chi connectivity index (χ3n) is 3.83. The number of rotatable bonds is 5. The van der Waals surface area contributed by atoms with E-state index in [0.29, 0.717) is 27.0 Å². The van der Waals surface area contributed by atoms with E-state index in [0.717, 1.165) is 17.0 Å². The summed E-state index contributed by atoms with van der Waals surface area (Å²) in [5, 5.41) is 2.84. The third-order valence-corrected chi connectivity index (χ3v) is 5.37. The molecule has 0 unspecified atom stereocenters. The summed E-state index contributed by atoms with van der Waals surface area (Å²) in [7, 11) is 0. The largest absolute Gasteiger partial charge is 0.416 e. The van der Waals surface area contributed by atoms with Crippen molar-refractivity contribution in [3.05, 3.63) is 105 Å². The molecule has 0 spiro atoms. The first-order chi connectivity index (χ1) is 13.8. The van der Waals surface area contributed by atoms with Crippen molar-refractivity contribution in [2.24, 2.45) is 4.99 Å². The Morgan fingerprint density at radius 2 is 1.59 bits per heavy atom. The van der Waals surface area contributed by atoms with Gasteiger partial charge in [-0.15, -0.1) is 0 Å². The van der Waals surface area contributed by atoms with E-state index < -0.39 is 11.7 Å². The second-order valence-corrected chi connectivity index (χ2v) is 7.69. The van der Waals surface area contributed by atoms with Gasteiger partial charge in [-0.25, -0.2) is 4.99 Å². The van der Waals surface area contributed by atoms with Gasteiger partial charge in [0.1, 0.15) is 0 Å². The number of hydrogen-bond donors (Lipinski definition) is 0. The number of halogens is 5. The molecule has 0 radical (unpaired) electrons. The monoisotopic (exact) mass is 451 g/mol. The molecule has 3 aromatic carbocycles. The number of thioether (sulfide) groups is 1. The van der Waals surface area contributed by atoms with Crippen LogP contribution in [0.15, 0.2) is 94.2 Å². The Balaban J connectivity index is 1.90. The first kappa shape index (κ1) is 21.5. The minimum absolute atomic E-state index is 0.517. The molecule has 0 saturated carbocycles. The molecule has 0 N–H and O–H groups in total. The van der Waals surface area contributed by atoms with Crippen LogP contribution >= 0.6 is 35.0 Å². The van der Waals surface area contributed by atoms with E-state index in [1.54, 1.807) is 29.7 Å². The number of para-hydroxylation sites is 1. The van der Waals surface area contributed by atoms with E-state index in [9.17, 15) is 13.2 Å². The van der Waals surface area contributed by atoms with Gasteiger partial charge in [-0.05, 0) is 53.9 Å². The predicted molar refractivity (Wildman–Crippen MR) is 116 cm³/mol. The highest BCUT2D eigenvalue weighted by molar-refractivity contribution is 8.02. The van der Waals surface area contributed by atoms with Crippen LogP contribution in [0.5, 0.6) is 0 Å². The SMILES string of the molecule is FC(F)(F)c1ccc(C(C=CSc2ccc(Cl)cc2Cl)=Nc2ccccc2)cc1. The first-order valence-electron chi connectivity index (χ1n) is 8.42. The Labute approximate surface area is 180 Å². The molecule has 3 rings (SSSR count). The Kier molecular flexibility index (Phi) is 7.06. The lowest BCUT2D eigenvalue weighted by Crippen LogP contribution is -2.05. The fraction of sp³-hybridized carbons (Fsp3) is 0.0455. The molecule has 0 aromatic heterocycles. The highest BCUT2D eigenvalue weighted by atomic mass is 35.5. The van der Waals surface area contributed by atoms with Gasteiger partial charge in [0.2, 0.25) is 0 Å². The minimum Gasteiger partial charge on any atom is -0.248 e. The van der Waals surface area contributed by atoms with Gasteiger partial charge >= 0.3 is 6.18 Å². The van der Waals surface area contributed by atoms with Gasteiger partial charge in [-0.2, -0.15) is 13.2 Å². The molecular formula is C22H14Cl2F3NS. The Morgan fingerprint density at radius 1 is 0.897 bits per heavy atom. The van der Waals surface area contributed by atoms with Crippen LogP contribution in [-0.2, 0) is 6.18 Å². The molecule has 1 nitrogen and oxygen atoms in total. The van der Waals surface area contributed by atoms with Gasteiger partial charge in [-0.3, -0.25) is 0 Å². The maximum Gasteiger partial charge on any atom is 0.416 e. The number of hydrogen-bond acceptors (Lipinski definition) is 2. The van der Waals surface area contributed by atoms with Crippen LogP contribution in [0.4, 0.5) is 18.9 Å². The molecule has 0 aliphatic carbocycles. The van der Waals surface area contributed by atoms with Crippen LogP contribution in [0.2, 0.25) is 10.0 Å². The van der Waals surface area contributed by atoms with Gasteiger partial charge in [-0.1, -0.05) is 65.3 Å². The quantitative estimate of drug-likeness (QED) is 0.280. The zero-order valence-electron chi connectivity index (χ0n) is 14.8. The summed E-state index contributed by atoms with van der Waals surface area (Å²) in [6.45, 7) is 0. The second-order valence-electron chi connectivity index (χ2n) is 5.90. The van der Waals surface area contributed by atoms with E-state index >= 15 is 0 Å². The van der Waals surface area contributed by atoms with E-state index in [4.69, 9.17) is 23.2 Å². The molecule has 0 atom stereocenters. The van der Waals surface area contributed by atoms with Crippen LogP contribution in [0, 0.1) is 0 Å². The number of aliphatic imine (C=N–C) groups is 1. The highest BCUT2D eigenvalue weighted by Gasteiger charge is 2.30. The zero-order chi connectivity index (χ0) is 20.9. The molecule has 7 heteroatoms. The van der Waals surface area contributed by atoms with Crippen LogP contribution in [0.3, 0.4) is 0 Å². The number of allylic oxidation sites excluding steroid dienone is 1. The van der Waals surface area contributed by atoms with Gasteiger partial charge in [0, 0.05) is 15.5 Å². The van der Waals surface area contributed by atoms with Crippen LogP contribution < -0.4 is 0 Å². The molecule has 148 valence electrons. The fourth-order valence-corrected chi connectivity index (χ4v) is 3.62. The maximum absolute atomic E-state index is 12.9. The summed E-state index contributed by atoms with van der Waals surface area (Å²) in [4.78, 5) is 5.37. The van der Waals surface area contributed by atoms with Crippen molar-refractivity contribution in [2.45, 2.75) is 11.1 Å². The molecule has 0 saturated heterocycles. The molecule has 0 amide bonds. The fourth-order valence-electron chi connectivity index (χ4n) is 2.41. The van der Waals surface area contributed by atoms with Crippen molar-refractivity contribution >= 4 is 46.4 Å². The summed E-state index contributed by atoms with van der Waals surface area (Å²) >= 11 is 13.4. The summed E-state index contributed by atoms with van der Waals surface area (Å²) < 4.78 is 38.6. The van der Waals surface area contributed by atoms with Crippen LogP contribution in [0.1, 0.15) is 11.1 Å². The van der Waals surface area contributed by atoms with Crippen LogP contribution in [0.25, 0.3) is 0 Å². The van der Waals surface area contributed by atoms with Crippen molar-refractivity contribution in [1.82, 2.24) is 0 Å². The average molecular weight is 452 g/mol. The normalized spacial score (nSPS) is 12.5. The Hall–Kier alpha value is -2.21. The van der Waals surface area contributed by atoms with E-state index in [1.165, 1.54) is 23.9 Å². The lowest BCUT2D eigenvalue weighted by Gasteiger charge is -2.08. The molecular weight excluding hydrogens is 438 g/mol. The van der Waals surface area contributed by atoms with Crippen molar-refractivity contribution in [1.29, 1.82) is 0 Å². The van der Waals surface area contributed by atoms with Crippen molar-refractivity contribution in [3.63, 3.8) is 0 Å². The number of alkyl halides is 3. The van der Waals surface area contributed by atoms with E-state index in [-0.39, 0.29) is 0 Å². The predicted octanol–water partition coefficient (Wildman–Crippen LogP) is 8.44. The van der Waals surface area contributed by atoms with Crippen molar-refractivity contribution < 1.29 is 13.2 Å². The van der Waals surface area contributed by atoms with E-state index in [2.05, 4.69) is 4.99 Å². The molecule has 0 aliphatic heterocycles. The molecule has 3 aromatic rings. The van der Waals surface area contributed by atoms with Crippen LogP contribution in [-0.4, -0.2) is 5.71 Å². The first-order valence-corrected chi connectivity index (χ1v) is 10.1. The average Bonchev–Trinajstić information content (AvgIpc) is 2.69. The number of nitrogens with zero attached hydrogens (tertiary/aromatic N) is 1. The number of benzene rings is 3. The van der Waals surface area contributed by atoms with Crippen molar-refractivity contribution in [2.75, 3.05) is 0 Å². The minimum atomic E-state index is -4.38. The van der Waals surface area contributed by atoms with Gasteiger partial charge in [0.15, 0.2) is 0 Å². The van der Waals surface area contributed by atoms with Crippen molar-refractivity contribution in [3.8, 4) is 0 Å².